The molecule has 1 amide bonds. The molecule has 0 aliphatic carbocycles. The van der Waals surface area contributed by atoms with Gasteiger partial charge in [-0.25, -0.2) is 0 Å². The highest BCUT2D eigenvalue weighted by atomic mass is 19.4. The molecule has 6 heteroatoms. The molecule has 1 N–H and O–H groups in total. The highest BCUT2D eigenvalue weighted by molar-refractivity contribution is 5.96. The summed E-state index contributed by atoms with van der Waals surface area (Å²) in [5, 5.41) is 2.59. The summed E-state index contributed by atoms with van der Waals surface area (Å²) in [7, 11) is 0. The molecule has 17 heavy (non-hydrogen) atoms. The maximum atomic E-state index is 12.4. The average Bonchev–Trinajstić information content (AvgIpc) is 2.37. The van der Waals surface area contributed by atoms with Crippen molar-refractivity contribution in [1.82, 2.24) is 0 Å². The minimum atomic E-state index is -4.28. The SMILES string of the molecule is O=C1CCN(CC(F)(F)F)c2ccccc2N1. The molecule has 1 aliphatic rings. The van der Waals surface area contributed by atoms with Gasteiger partial charge in [0.05, 0.1) is 11.4 Å². The molecule has 1 aliphatic heterocycles. The van der Waals surface area contributed by atoms with E-state index in [0.717, 1.165) is 0 Å². The Labute approximate surface area is 96.2 Å². The van der Waals surface area contributed by atoms with Crippen LogP contribution in [-0.4, -0.2) is 25.2 Å². The molecule has 0 saturated heterocycles. The number of carbonyl (C=O) groups excluding carboxylic acids is 1. The molecular formula is C11H11F3N2O. The smallest absolute Gasteiger partial charge is 0.360 e. The zero-order valence-corrected chi connectivity index (χ0v) is 8.92. The van der Waals surface area contributed by atoms with Crippen LogP contribution < -0.4 is 10.2 Å². The standard InChI is InChI=1S/C11H11F3N2O/c12-11(13,14)7-16-6-5-10(17)15-8-3-1-2-4-9(8)16/h1-4H,5-7H2,(H,15,17). The van der Waals surface area contributed by atoms with Gasteiger partial charge in [0.1, 0.15) is 6.54 Å². The molecule has 0 unspecified atom stereocenters. The molecule has 92 valence electrons. The van der Waals surface area contributed by atoms with Crippen molar-refractivity contribution in [3.8, 4) is 0 Å². The van der Waals surface area contributed by atoms with Gasteiger partial charge in [-0.15, -0.1) is 0 Å². The predicted molar refractivity (Wildman–Crippen MR) is 58.0 cm³/mol. The second-order valence-corrected chi connectivity index (χ2v) is 3.85. The van der Waals surface area contributed by atoms with E-state index in [2.05, 4.69) is 5.32 Å². The van der Waals surface area contributed by atoms with Crippen molar-refractivity contribution < 1.29 is 18.0 Å². The van der Waals surface area contributed by atoms with E-state index < -0.39 is 12.7 Å². The lowest BCUT2D eigenvalue weighted by Crippen LogP contribution is -2.34. The fraction of sp³-hybridized carbons (Fsp3) is 0.364. The summed E-state index contributed by atoms with van der Waals surface area (Å²) in [5.41, 5.74) is 0.843. The number of amides is 1. The molecule has 2 rings (SSSR count). The Kier molecular flexibility index (Phi) is 2.95. The van der Waals surface area contributed by atoms with E-state index in [1.165, 1.54) is 4.90 Å². The number of halogens is 3. The molecule has 0 aromatic heterocycles. The lowest BCUT2D eigenvalue weighted by atomic mass is 10.2. The number of alkyl halides is 3. The van der Waals surface area contributed by atoms with E-state index in [4.69, 9.17) is 0 Å². The maximum absolute atomic E-state index is 12.4. The third kappa shape index (κ3) is 2.89. The zero-order valence-electron chi connectivity index (χ0n) is 8.92. The van der Waals surface area contributed by atoms with Crippen LogP contribution in [-0.2, 0) is 4.79 Å². The van der Waals surface area contributed by atoms with Gasteiger partial charge in [-0.2, -0.15) is 13.2 Å². The topological polar surface area (TPSA) is 32.3 Å². The van der Waals surface area contributed by atoms with E-state index in [9.17, 15) is 18.0 Å². The van der Waals surface area contributed by atoms with Crippen molar-refractivity contribution in [2.24, 2.45) is 0 Å². The molecule has 1 aromatic carbocycles. The summed E-state index contributed by atoms with van der Waals surface area (Å²) in [6, 6.07) is 6.50. The Balaban J connectivity index is 2.31. The van der Waals surface area contributed by atoms with Crippen LogP contribution in [0.25, 0.3) is 0 Å². The van der Waals surface area contributed by atoms with Crippen LogP contribution in [0.3, 0.4) is 0 Å². The Bertz CT molecular complexity index is 431. The van der Waals surface area contributed by atoms with E-state index in [-0.39, 0.29) is 18.9 Å². The second kappa shape index (κ2) is 4.27. The molecule has 3 nitrogen and oxygen atoms in total. The van der Waals surface area contributed by atoms with Crippen LogP contribution in [0.2, 0.25) is 0 Å². The summed E-state index contributed by atoms with van der Waals surface area (Å²) >= 11 is 0. The van der Waals surface area contributed by atoms with Crippen LogP contribution >= 0.6 is 0 Å². The summed E-state index contributed by atoms with van der Waals surface area (Å²) < 4.78 is 37.3. The Morgan fingerprint density at radius 1 is 1.29 bits per heavy atom. The summed E-state index contributed by atoms with van der Waals surface area (Å²) in [4.78, 5) is 12.5. The first-order valence-electron chi connectivity index (χ1n) is 5.16. The van der Waals surface area contributed by atoms with E-state index in [1.807, 2.05) is 0 Å². The van der Waals surface area contributed by atoms with E-state index in [1.54, 1.807) is 24.3 Å². The van der Waals surface area contributed by atoms with E-state index in [0.29, 0.717) is 11.4 Å². The minimum absolute atomic E-state index is 0.0603. The number of nitrogens with zero attached hydrogens (tertiary/aromatic N) is 1. The van der Waals surface area contributed by atoms with Gasteiger partial charge >= 0.3 is 6.18 Å². The fourth-order valence-electron chi connectivity index (χ4n) is 1.81. The maximum Gasteiger partial charge on any atom is 0.405 e. The van der Waals surface area contributed by atoms with Crippen molar-refractivity contribution in [2.45, 2.75) is 12.6 Å². The Morgan fingerprint density at radius 3 is 2.71 bits per heavy atom. The number of carbonyl (C=O) groups is 1. The van der Waals surface area contributed by atoms with Gasteiger partial charge in [-0.05, 0) is 12.1 Å². The van der Waals surface area contributed by atoms with Crippen molar-refractivity contribution in [2.75, 3.05) is 23.3 Å². The number of rotatable bonds is 1. The van der Waals surface area contributed by atoms with Crippen LogP contribution in [0, 0.1) is 0 Å². The highest BCUT2D eigenvalue weighted by Gasteiger charge is 2.32. The van der Waals surface area contributed by atoms with Crippen LogP contribution in [0.1, 0.15) is 6.42 Å². The third-order valence-corrected chi connectivity index (χ3v) is 2.50. The molecule has 0 spiro atoms. The lowest BCUT2D eigenvalue weighted by Gasteiger charge is -2.25. The van der Waals surface area contributed by atoms with Gasteiger partial charge < -0.3 is 10.2 Å². The van der Waals surface area contributed by atoms with Gasteiger partial charge in [0, 0.05) is 13.0 Å². The molecule has 0 radical (unpaired) electrons. The monoisotopic (exact) mass is 244 g/mol. The quantitative estimate of drug-likeness (QED) is 0.822. The molecular weight excluding hydrogens is 233 g/mol. The number of hydrogen-bond donors (Lipinski definition) is 1. The first kappa shape index (κ1) is 11.8. The van der Waals surface area contributed by atoms with Crippen LogP contribution in [0.5, 0.6) is 0 Å². The number of nitrogens with one attached hydrogen (secondary N) is 1. The minimum Gasteiger partial charge on any atom is -0.360 e. The van der Waals surface area contributed by atoms with Crippen molar-refractivity contribution in [3.63, 3.8) is 0 Å². The Hall–Kier alpha value is -1.72. The summed E-state index contributed by atoms with van der Waals surface area (Å²) in [5.74, 6) is -0.262. The van der Waals surface area contributed by atoms with Crippen LogP contribution in [0.4, 0.5) is 24.5 Å². The predicted octanol–water partition coefficient (Wildman–Crippen LogP) is 2.40. The number of benzene rings is 1. The molecule has 0 saturated carbocycles. The van der Waals surface area contributed by atoms with E-state index >= 15 is 0 Å². The van der Waals surface area contributed by atoms with Gasteiger partial charge in [-0.1, -0.05) is 12.1 Å². The van der Waals surface area contributed by atoms with Crippen molar-refractivity contribution in [3.05, 3.63) is 24.3 Å². The molecule has 1 heterocycles. The fourth-order valence-corrected chi connectivity index (χ4v) is 1.81. The number of para-hydroxylation sites is 2. The highest BCUT2D eigenvalue weighted by Crippen LogP contribution is 2.30. The normalized spacial score (nSPS) is 16.2. The molecule has 0 fully saturated rings. The van der Waals surface area contributed by atoms with Gasteiger partial charge in [-0.3, -0.25) is 4.79 Å². The average molecular weight is 244 g/mol. The van der Waals surface area contributed by atoms with Crippen molar-refractivity contribution >= 4 is 17.3 Å². The first-order chi connectivity index (χ1) is 7.96. The number of fused-ring (bicyclic) bond motifs is 1. The van der Waals surface area contributed by atoms with Crippen molar-refractivity contribution in [1.29, 1.82) is 0 Å². The third-order valence-electron chi connectivity index (χ3n) is 2.50. The van der Waals surface area contributed by atoms with Gasteiger partial charge in [0.2, 0.25) is 5.91 Å². The van der Waals surface area contributed by atoms with Gasteiger partial charge in [0.25, 0.3) is 0 Å². The zero-order chi connectivity index (χ0) is 12.5. The molecule has 1 aromatic rings. The lowest BCUT2D eigenvalue weighted by molar-refractivity contribution is -0.121. The number of hydrogen-bond acceptors (Lipinski definition) is 2. The first-order valence-corrected chi connectivity index (χ1v) is 5.16. The molecule has 0 bridgehead atoms. The summed E-state index contributed by atoms with van der Waals surface area (Å²) in [6.45, 7) is -0.971. The summed E-state index contributed by atoms with van der Waals surface area (Å²) in [6.07, 6.45) is -4.22. The largest absolute Gasteiger partial charge is 0.405 e. The molecule has 0 atom stereocenters. The number of anilines is 2. The second-order valence-electron chi connectivity index (χ2n) is 3.85. The Morgan fingerprint density at radius 2 is 2.00 bits per heavy atom. The van der Waals surface area contributed by atoms with Gasteiger partial charge in [0.15, 0.2) is 0 Å². The van der Waals surface area contributed by atoms with Crippen LogP contribution in [0.15, 0.2) is 24.3 Å².